The highest BCUT2D eigenvalue weighted by atomic mass is 16.5. The van der Waals surface area contributed by atoms with Gasteiger partial charge in [-0.2, -0.15) is 0 Å². The van der Waals surface area contributed by atoms with Crippen molar-refractivity contribution in [1.82, 2.24) is 5.16 Å². The molecule has 0 bridgehead atoms. The zero-order valence-electron chi connectivity index (χ0n) is 7.05. The van der Waals surface area contributed by atoms with Crippen LogP contribution < -0.4 is 0 Å². The van der Waals surface area contributed by atoms with E-state index < -0.39 is 0 Å². The average Bonchev–Trinajstić information content (AvgIpc) is 2.37. The maximum absolute atomic E-state index is 5.03. The van der Waals surface area contributed by atoms with E-state index >= 15 is 0 Å². The van der Waals surface area contributed by atoms with Crippen LogP contribution in [0.1, 0.15) is 19.6 Å². The second-order valence-corrected chi connectivity index (χ2v) is 3.14. The quantitative estimate of drug-likeness (QED) is 0.660. The summed E-state index contributed by atoms with van der Waals surface area (Å²) in [6.07, 6.45) is 2.62. The summed E-state index contributed by atoms with van der Waals surface area (Å²) in [5.41, 5.74) is -0.109. The molecule has 1 aromatic heterocycles. The summed E-state index contributed by atoms with van der Waals surface area (Å²) >= 11 is 0. The van der Waals surface area contributed by atoms with Crippen LogP contribution in [0.3, 0.4) is 0 Å². The molecule has 3 heteroatoms. The molecular formula is C8H12NO2. The molecule has 0 spiro atoms. The second-order valence-electron chi connectivity index (χ2n) is 3.14. The predicted octanol–water partition coefficient (Wildman–Crippen LogP) is 1.40. The number of rotatable bonds is 3. The molecule has 0 aliphatic rings. The Hall–Kier alpha value is -0.830. The zero-order chi connectivity index (χ0) is 8.32. The summed E-state index contributed by atoms with van der Waals surface area (Å²) < 4.78 is 9.99. The summed E-state index contributed by atoms with van der Waals surface area (Å²) in [6.45, 7) is 4.69. The molecule has 1 heterocycles. The van der Waals surface area contributed by atoms with Crippen molar-refractivity contribution in [3.05, 3.63) is 18.0 Å². The normalized spacial score (nSPS) is 11.9. The average molecular weight is 154 g/mol. The molecule has 0 aromatic carbocycles. The third kappa shape index (κ3) is 1.80. The Morgan fingerprint density at radius 3 is 2.91 bits per heavy atom. The highest BCUT2D eigenvalue weighted by Gasteiger charge is 2.24. The summed E-state index contributed by atoms with van der Waals surface area (Å²) in [4.78, 5) is 0. The van der Waals surface area contributed by atoms with Crippen molar-refractivity contribution in [2.24, 2.45) is 0 Å². The van der Waals surface area contributed by atoms with E-state index in [-0.39, 0.29) is 5.41 Å². The van der Waals surface area contributed by atoms with Crippen LogP contribution in [0.4, 0.5) is 0 Å². The van der Waals surface area contributed by atoms with E-state index in [0.717, 1.165) is 5.76 Å². The molecule has 0 saturated carbocycles. The van der Waals surface area contributed by atoms with Crippen LogP contribution in [-0.4, -0.2) is 18.9 Å². The van der Waals surface area contributed by atoms with Gasteiger partial charge in [0.05, 0.1) is 6.61 Å². The fourth-order valence-electron chi connectivity index (χ4n) is 0.938. The van der Waals surface area contributed by atoms with Gasteiger partial charge in [-0.05, 0) is 0 Å². The van der Waals surface area contributed by atoms with E-state index in [2.05, 4.69) is 11.4 Å². The van der Waals surface area contributed by atoms with Crippen LogP contribution in [0, 0.1) is 6.20 Å². The largest absolute Gasteiger partial charge is 0.384 e. The molecule has 1 rings (SSSR count). The third-order valence-corrected chi connectivity index (χ3v) is 1.56. The van der Waals surface area contributed by atoms with Gasteiger partial charge in [0.1, 0.15) is 12.0 Å². The number of hydrogen-bond acceptors (Lipinski definition) is 3. The van der Waals surface area contributed by atoms with Gasteiger partial charge in [0, 0.05) is 18.6 Å². The molecule has 0 amide bonds. The van der Waals surface area contributed by atoms with E-state index in [1.807, 2.05) is 13.8 Å². The first-order valence-electron chi connectivity index (χ1n) is 3.49. The highest BCUT2D eigenvalue weighted by molar-refractivity contribution is 5.07. The van der Waals surface area contributed by atoms with E-state index in [1.54, 1.807) is 13.2 Å². The molecule has 0 fully saturated rings. The van der Waals surface area contributed by atoms with Gasteiger partial charge in [0.2, 0.25) is 0 Å². The molecule has 0 aliphatic heterocycles. The molecular weight excluding hydrogens is 142 g/mol. The topological polar surface area (TPSA) is 35.3 Å². The highest BCUT2D eigenvalue weighted by Crippen LogP contribution is 2.21. The fraction of sp³-hybridized carbons (Fsp3) is 0.625. The first-order valence-corrected chi connectivity index (χ1v) is 3.49. The van der Waals surface area contributed by atoms with Gasteiger partial charge < -0.3 is 9.26 Å². The van der Waals surface area contributed by atoms with Crippen molar-refractivity contribution >= 4 is 0 Å². The van der Waals surface area contributed by atoms with Gasteiger partial charge in [-0.25, -0.2) is 0 Å². The smallest absolute Gasteiger partial charge is 0.145 e. The molecule has 0 saturated heterocycles. The van der Waals surface area contributed by atoms with Crippen molar-refractivity contribution in [1.29, 1.82) is 0 Å². The maximum atomic E-state index is 5.03. The lowest BCUT2D eigenvalue weighted by molar-refractivity contribution is 0.129. The van der Waals surface area contributed by atoms with Gasteiger partial charge in [-0.1, -0.05) is 19.0 Å². The van der Waals surface area contributed by atoms with Crippen LogP contribution in [-0.2, 0) is 10.2 Å². The summed E-state index contributed by atoms with van der Waals surface area (Å²) in [6, 6.07) is 1.74. The van der Waals surface area contributed by atoms with Gasteiger partial charge in [0.25, 0.3) is 0 Å². The number of aromatic nitrogens is 1. The molecule has 61 valence electrons. The van der Waals surface area contributed by atoms with Crippen molar-refractivity contribution in [3.8, 4) is 0 Å². The Bertz CT molecular complexity index is 204. The summed E-state index contributed by atoms with van der Waals surface area (Å²) in [5.74, 6) is 0.805. The van der Waals surface area contributed by atoms with Gasteiger partial charge in [-0.15, -0.1) is 0 Å². The van der Waals surface area contributed by atoms with Crippen LogP contribution in [0.15, 0.2) is 10.6 Å². The Morgan fingerprint density at radius 1 is 1.73 bits per heavy atom. The lowest BCUT2D eigenvalue weighted by Gasteiger charge is -2.18. The van der Waals surface area contributed by atoms with Crippen molar-refractivity contribution in [2.75, 3.05) is 13.7 Å². The lowest BCUT2D eigenvalue weighted by atomic mass is 9.92. The van der Waals surface area contributed by atoms with E-state index in [4.69, 9.17) is 9.26 Å². The Kier molecular flexibility index (Phi) is 2.29. The van der Waals surface area contributed by atoms with Gasteiger partial charge in [0.15, 0.2) is 0 Å². The number of nitrogens with zero attached hydrogens (tertiary/aromatic N) is 1. The minimum atomic E-state index is -0.109. The van der Waals surface area contributed by atoms with Crippen LogP contribution in [0.25, 0.3) is 0 Å². The van der Waals surface area contributed by atoms with E-state index in [1.165, 1.54) is 0 Å². The number of hydrogen-bond donors (Lipinski definition) is 0. The second kappa shape index (κ2) is 3.05. The van der Waals surface area contributed by atoms with Gasteiger partial charge >= 0.3 is 0 Å². The molecule has 1 aromatic rings. The Balaban J connectivity index is 2.73. The van der Waals surface area contributed by atoms with Gasteiger partial charge in [-0.3, -0.25) is 0 Å². The SMILES string of the molecule is COCC(C)(C)c1c[c]no1. The zero-order valence-corrected chi connectivity index (χ0v) is 7.05. The van der Waals surface area contributed by atoms with E-state index in [0.29, 0.717) is 6.61 Å². The number of ether oxygens (including phenoxy) is 1. The summed E-state index contributed by atoms with van der Waals surface area (Å²) in [7, 11) is 1.67. The molecule has 0 unspecified atom stereocenters. The first-order chi connectivity index (χ1) is 5.17. The van der Waals surface area contributed by atoms with Crippen LogP contribution in [0.5, 0.6) is 0 Å². The lowest BCUT2D eigenvalue weighted by Crippen LogP contribution is -2.22. The molecule has 11 heavy (non-hydrogen) atoms. The van der Waals surface area contributed by atoms with Crippen LogP contribution in [0.2, 0.25) is 0 Å². The monoisotopic (exact) mass is 154 g/mol. The van der Waals surface area contributed by atoms with Crippen molar-refractivity contribution < 1.29 is 9.26 Å². The predicted molar refractivity (Wildman–Crippen MR) is 40.2 cm³/mol. The third-order valence-electron chi connectivity index (χ3n) is 1.56. The Morgan fingerprint density at radius 2 is 2.45 bits per heavy atom. The molecule has 1 radical (unpaired) electrons. The minimum Gasteiger partial charge on any atom is -0.384 e. The molecule has 0 N–H and O–H groups in total. The van der Waals surface area contributed by atoms with Crippen molar-refractivity contribution in [2.45, 2.75) is 19.3 Å². The first kappa shape index (κ1) is 8.27. The Labute approximate surface area is 66.3 Å². The minimum absolute atomic E-state index is 0.109. The van der Waals surface area contributed by atoms with Crippen molar-refractivity contribution in [3.63, 3.8) is 0 Å². The van der Waals surface area contributed by atoms with Crippen LogP contribution >= 0.6 is 0 Å². The standard InChI is InChI=1S/C8H12NO2/c1-8(2,6-10-3)7-4-5-9-11-7/h4H,6H2,1-3H3. The van der Waals surface area contributed by atoms with E-state index in [9.17, 15) is 0 Å². The molecule has 0 aliphatic carbocycles. The number of methoxy groups -OCH3 is 1. The fourth-order valence-corrected chi connectivity index (χ4v) is 0.938. The molecule has 0 atom stereocenters. The summed E-state index contributed by atoms with van der Waals surface area (Å²) in [5, 5.41) is 3.52. The maximum Gasteiger partial charge on any atom is 0.145 e. The molecule has 3 nitrogen and oxygen atoms in total.